The normalized spacial score (nSPS) is 17.1. The van der Waals surface area contributed by atoms with Crippen LogP contribution in [-0.2, 0) is 4.79 Å². The first-order valence-corrected chi connectivity index (χ1v) is 7.56. The maximum absolute atomic E-state index is 11.8. The molecule has 104 valence electrons. The summed E-state index contributed by atoms with van der Waals surface area (Å²) in [6.07, 6.45) is 4.60. The number of aliphatic carboxylic acids is 1. The average Bonchev–Trinajstić information content (AvgIpc) is 3.06. The average molecular weight is 274 g/mol. The number of carboxylic acid groups (broad SMARTS) is 1. The van der Waals surface area contributed by atoms with Gasteiger partial charge in [-0.2, -0.15) is 11.8 Å². The molecule has 1 aliphatic rings. The van der Waals surface area contributed by atoms with Crippen molar-refractivity contribution in [3.8, 4) is 0 Å². The first-order chi connectivity index (χ1) is 8.36. The van der Waals surface area contributed by atoms with Crippen LogP contribution < -0.4 is 10.6 Å². The minimum Gasteiger partial charge on any atom is -0.480 e. The number of nitrogens with one attached hydrogen (secondary N) is 2. The molecular weight excluding hydrogens is 252 g/mol. The van der Waals surface area contributed by atoms with Crippen molar-refractivity contribution in [2.45, 2.75) is 44.7 Å². The largest absolute Gasteiger partial charge is 0.480 e. The van der Waals surface area contributed by atoms with Crippen molar-refractivity contribution < 1.29 is 14.7 Å². The fraction of sp³-hybridized carbons (Fsp3) is 0.833. The zero-order valence-electron chi connectivity index (χ0n) is 11.2. The Kier molecular flexibility index (Phi) is 5.31. The summed E-state index contributed by atoms with van der Waals surface area (Å²) >= 11 is 1.57. The Morgan fingerprint density at radius 2 is 2.06 bits per heavy atom. The van der Waals surface area contributed by atoms with Gasteiger partial charge in [0.25, 0.3) is 0 Å². The standard InChI is InChI=1S/C12H22N2O3S/c1-12(2,8-4-5-8)14-11(17)13-9(10(15)16)6-7-18-3/h8-9H,4-7H2,1-3H3,(H,15,16)(H2,13,14,17)/t9-/m0/s1. The smallest absolute Gasteiger partial charge is 0.326 e. The SMILES string of the molecule is CSCC[C@H](NC(=O)NC(C)(C)C1CC1)C(=O)O. The van der Waals surface area contributed by atoms with Crippen molar-refractivity contribution >= 4 is 23.8 Å². The molecule has 0 spiro atoms. The van der Waals surface area contributed by atoms with Gasteiger partial charge in [0, 0.05) is 5.54 Å². The van der Waals surface area contributed by atoms with Gasteiger partial charge in [-0.25, -0.2) is 9.59 Å². The van der Waals surface area contributed by atoms with E-state index in [0.29, 0.717) is 18.1 Å². The Balaban J connectivity index is 2.42. The van der Waals surface area contributed by atoms with Gasteiger partial charge >= 0.3 is 12.0 Å². The number of rotatable bonds is 7. The van der Waals surface area contributed by atoms with Crippen LogP contribution in [0.3, 0.4) is 0 Å². The number of carbonyl (C=O) groups is 2. The first-order valence-electron chi connectivity index (χ1n) is 6.17. The number of hydrogen-bond acceptors (Lipinski definition) is 3. The zero-order valence-corrected chi connectivity index (χ0v) is 12.0. The third-order valence-corrected chi connectivity index (χ3v) is 3.89. The molecule has 0 aliphatic heterocycles. The fourth-order valence-corrected chi connectivity index (χ4v) is 2.36. The van der Waals surface area contributed by atoms with E-state index in [9.17, 15) is 9.59 Å². The highest BCUT2D eigenvalue weighted by atomic mass is 32.2. The minimum absolute atomic E-state index is 0.257. The Morgan fingerprint density at radius 3 is 2.50 bits per heavy atom. The summed E-state index contributed by atoms with van der Waals surface area (Å²) in [6.45, 7) is 3.95. The molecule has 0 aromatic heterocycles. The van der Waals surface area contributed by atoms with E-state index >= 15 is 0 Å². The molecule has 0 aromatic carbocycles. The fourth-order valence-electron chi connectivity index (χ4n) is 1.89. The van der Waals surface area contributed by atoms with Crippen LogP contribution >= 0.6 is 11.8 Å². The van der Waals surface area contributed by atoms with Crippen LogP contribution in [0.15, 0.2) is 0 Å². The lowest BCUT2D eigenvalue weighted by molar-refractivity contribution is -0.139. The van der Waals surface area contributed by atoms with E-state index in [4.69, 9.17) is 5.11 Å². The Hall–Kier alpha value is -0.910. The molecule has 2 amide bonds. The highest BCUT2D eigenvalue weighted by Crippen LogP contribution is 2.39. The van der Waals surface area contributed by atoms with Gasteiger partial charge in [0.15, 0.2) is 0 Å². The predicted molar refractivity (Wildman–Crippen MR) is 72.9 cm³/mol. The van der Waals surface area contributed by atoms with Crippen molar-refractivity contribution in [3.05, 3.63) is 0 Å². The van der Waals surface area contributed by atoms with E-state index in [1.807, 2.05) is 20.1 Å². The molecule has 0 aromatic rings. The molecule has 0 saturated heterocycles. The van der Waals surface area contributed by atoms with E-state index in [-0.39, 0.29) is 11.6 Å². The highest BCUT2D eigenvalue weighted by Gasteiger charge is 2.39. The van der Waals surface area contributed by atoms with Crippen LogP contribution in [0.2, 0.25) is 0 Å². The quantitative estimate of drug-likeness (QED) is 0.660. The number of thioether (sulfide) groups is 1. The highest BCUT2D eigenvalue weighted by molar-refractivity contribution is 7.98. The van der Waals surface area contributed by atoms with Crippen LogP contribution in [0.4, 0.5) is 4.79 Å². The summed E-state index contributed by atoms with van der Waals surface area (Å²) in [7, 11) is 0. The molecule has 6 heteroatoms. The number of amides is 2. The van der Waals surface area contributed by atoms with Gasteiger partial charge in [-0.15, -0.1) is 0 Å². The number of carboxylic acids is 1. The maximum Gasteiger partial charge on any atom is 0.326 e. The lowest BCUT2D eigenvalue weighted by Gasteiger charge is -2.27. The predicted octanol–water partition coefficient (Wildman–Crippen LogP) is 1.68. The molecule has 1 atom stereocenters. The Bertz CT molecular complexity index is 316. The summed E-state index contributed by atoms with van der Waals surface area (Å²) in [5.41, 5.74) is -0.257. The molecule has 1 rings (SSSR count). The lowest BCUT2D eigenvalue weighted by atomic mass is 9.99. The van der Waals surface area contributed by atoms with Crippen molar-refractivity contribution in [2.24, 2.45) is 5.92 Å². The molecule has 18 heavy (non-hydrogen) atoms. The molecule has 3 N–H and O–H groups in total. The molecule has 0 bridgehead atoms. The van der Waals surface area contributed by atoms with Crippen LogP contribution in [0, 0.1) is 5.92 Å². The van der Waals surface area contributed by atoms with Gasteiger partial charge in [-0.1, -0.05) is 0 Å². The topological polar surface area (TPSA) is 78.4 Å². The molecule has 5 nitrogen and oxygen atoms in total. The third kappa shape index (κ3) is 4.76. The number of carbonyl (C=O) groups excluding carboxylic acids is 1. The summed E-state index contributed by atoms with van der Waals surface area (Å²) in [4.78, 5) is 22.8. The zero-order chi connectivity index (χ0) is 13.8. The number of urea groups is 1. The van der Waals surface area contributed by atoms with E-state index in [1.165, 1.54) is 0 Å². The van der Waals surface area contributed by atoms with Gasteiger partial charge < -0.3 is 15.7 Å². The Labute approximate surface area is 112 Å². The molecule has 1 aliphatic carbocycles. The van der Waals surface area contributed by atoms with Crippen molar-refractivity contribution in [1.82, 2.24) is 10.6 Å². The van der Waals surface area contributed by atoms with Crippen LogP contribution in [0.5, 0.6) is 0 Å². The summed E-state index contributed by atoms with van der Waals surface area (Å²) in [5.74, 6) is 0.240. The van der Waals surface area contributed by atoms with E-state index in [2.05, 4.69) is 10.6 Å². The van der Waals surface area contributed by atoms with E-state index < -0.39 is 12.0 Å². The maximum atomic E-state index is 11.8. The second kappa shape index (κ2) is 6.31. The van der Waals surface area contributed by atoms with E-state index in [1.54, 1.807) is 11.8 Å². The van der Waals surface area contributed by atoms with Gasteiger partial charge in [0.2, 0.25) is 0 Å². The van der Waals surface area contributed by atoms with Gasteiger partial charge in [-0.05, 0) is 51.0 Å². The third-order valence-electron chi connectivity index (χ3n) is 3.25. The molecule has 0 heterocycles. The van der Waals surface area contributed by atoms with Crippen LogP contribution in [0.25, 0.3) is 0 Å². The van der Waals surface area contributed by atoms with Crippen molar-refractivity contribution in [3.63, 3.8) is 0 Å². The molecule has 0 radical (unpaired) electrons. The van der Waals surface area contributed by atoms with Crippen molar-refractivity contribution in [1.29, 1.82) is 0 Å². The molecule has 0 unspecified atom stereocenters. The first kappa shape index (κ1) is 15.1. The van der Waals surface area contributed by atoms with Crippen LogP contribution in [0.1, 0.15) is 33.1 Å². The van der Waals surface area contributed by atoms with Gasteiger partial charge in [0.1, 0.15) is 6.04 Å². The lowest BCUT2D eigenvalue weighted by Crippen LogP contribution is -2.53. The molecule has 1 saturated carbocycles. The molecular formula is C12H22N2O3S. The van der Waals surface area contributed by atoms with E-state index in [0.717, 1.165) is 12.8 Å². The summed E-state index contributed by atoms with van der Waals surface area (Å²) < 4.78 is 0. The van der Waals surface area contributed by atoms with Gasteiger partial charge in [0.05, 0.1) is 0 Å². The minimum atomic E-state index is -0.983. The van der Waals surface area contributed by atoms with Gasteiger partial charge in [-0.3, -0.25) is 0 Å². The second-order valence-corrected chi connectivity index (χ2v) is 6.25. The van der Waals surface area contributed by atoms with Crippen molar-refractivity contribution in [2.75, 3.05) is 12.0 Å². The summed E-state index contributed by atoms with van der Waals surface area (Å²) in [5, 5.41) is 14.4. The Morgan fingerprint density at radius 1 is 1.44 bits per heavy atom. The second-order valence-electron chi connectivity index (χ2n) is 5.27. The number of hydrogen-bond donors (Lipinski definition) is 3. The molecule has 1 fully saturated rings. The summed E-state index contributed by atoms with van der Waals surface area (Å²) in [6, 6.07) is -1.20. The monoisotopic (exact) mass is 274 g/mol. The van der Waals surface area contributed by atoms with Crippen LogP contribution in [-0.4, -0.2) is 40.7 Å².